The average molecular weight is 363 g/mol. The number of fused-ring (bicyclic) bond motifs is 1. The number of benzene rings is 1. The van der Waals surface area contributed by atoms with Gasteiger partial charge >= 0.3 is 0 Å². The Balaban J connectivity index is 1.59. The maximum absolute atomic E-state index is 12.8. The molecule has 0 fully saturated rings. The predicted octanol–water partition coefficient (Wildman–Crippen LogP) is 2.02. The molecular formula is C19H17N5O3. The van der Waals surface area contributed by atoms with Crippen molar-refractivity contribution in [3.8, 4) is 11.6 Å². The van der Waals surface area contributed by atoms with Gasteiger partial charge < -0.3 is 15.0 Å². The molecule has 3 heterocycles. The summed E-state index contributed by atoms with van der Waals surface area (Å²) in [7, 11) is 0. The van der Waals surface area contributed by atoms with Crippen LogP contribution in [0.2, 0.25) is 0 Å². The summed E-state index contributed by atoms with van der Waals surface area (Å²) in [6.45, 7) is 1.60. The molecule has 0 aliphatic carbocycles. The van der Waals surface area contributed by atoms with Gasteiger partial charge in [-0.2, -0.15) is 5.10 Å². The quantitative estimate of drug-likeness (QED) is 0.769. The summed E-state index contributed by atoms with van der Waals surface area (Å²) in [6.07, 6.45) is 4.15. The zero-order valence-corrected chi connectivity index (χ0v) is 14.6. The molecule has 2 aromatic heterocycles. The molecule has 0 saturated heterocycles. The lowest BCUT2D eigenvalue weighted by Crippen LogP contribution is -2.48. The number of ether oxygens (including phenoxy) is 1. The number of pyridine rings is 1. The fraction of sp³-hybridized carbons (Fsp3) is 0.158. The van der Waals surface area contributed by atoms with Crippen molar-refractivity contribution in [3.05, 3.63) is 61.1 Å². The zero-order chi connectivity index (χ0) is 18.8. The topological polar surface area (TPSA) is 89.4 Å². The van der Waals surface area contributed by atoms with Crippen LogP contribution >= 0.6 is 0 Å². The zero-order valence-electron chi connectivity index (χ0n) is 14.6. The first kappa shape index (κ1) is 16.8. The van der Waals surface area contributed by atoms with Crippen LogP contribution in [0, 0.1) is 0 Å². The highest BCUT2D eigenvalue weighted by Crippen LogP contribution is 2.33. The van der Waals surface area contributed by atoms with Crippen LogP contribution in [-0.2, 0) is 9.59 Å². The largest absolute Gasteiger partial charge is 0.476 e. The summed E-state index contributed by atoms with van der Waals surface area (Å²) < 4.78 is 7.39. The number of para-hydroxylation sites is 2. The van der Waals surface area contributed by atoms with E-state index in [1.54, 1.807) is 64.6 Å². The Morgan fingerprint density at radius 1 is 1.15 bits per heavy atom. The van der Waals surface area contributed by atoms with Gasteiger partial charge in [-0.1, -0.05) is 12.1 Å². The number of carbonyl (C=O) groups excluding carboxylic acids is 2. The Hall–Kier alpha value is -3.68. The number of hydrogen-bond acceptors (Lipinski definition) is 5. The highest BCUT2D eigenvalue weighted by Gasteiger charge is 2.32. The maximum Gasteiger partial charge on any atom is 0.267 e. The molecule has 27 heavy (non-hydrogen) atoms. The van der Waals surface area contributed by atoms with Gasteiger partial charge in [-0.25, -0.2) is 9.67 Å². The van der Waals surface area contributed by atoms with Crippen LogP contribution in [0.1, 0.15) is 6.92 Å². The molecule has 4 rings (SSSR count). The highest BCUT2D eigenvalue weighted by atomic mass is 16.5. The van der Waals surface area contributed by atoms with Crippen LogP contribution in [0.15, 0.2) is 61.1 Å². The van der Waals surface area contributed by atoms with E-state index >= 15 is 0 Å². The lowest BCUT2D eigenvalue weighted by molar-refractivity contribution is -0.123. The normalized spacial score (nSPS) is 15.6. The SMILES string of the molecule is CC(=O)N1CC(C(=O)Nc2cccnc2-n2cccn2)Oc2ccccc21. The van der Waals surface area contributed by atoms with Crippen molar-refractivity contribution < 1.29 is 14.3 Å². The molecule has 0 radical (unpaired) electrons. The summed E-state index contributed by atoms with van der Waals surface area (Å²) in [6, 6.07) is 12.4. The minimum Gasteiger partial charge on any atom is -0.476 e. The molecule has 0 bridgehead atoms. The van der Waals surface area contributed by atoms with E-state index in [-0.39, 0.29) is 18.4 Å². The van der Waals surface area contributed by atoms with Crippen molar-refractivity contribution in [1.82, 2.24) is 14.8 Å². The van der Waals surface area contributed by atoms with Crippen LogP contribution in [0.5, 0.6) is 5.75 Å². The summed E-state index contributed by atoms with van der Waals surface area (Å²) in [5.41, 5.74) is 1.16. The second kappa shape index (κ2) is 6.91. The molecule has 1 aromatic carbocycles. The Morgan fingerprint density at radius 3 is 2.78 bits per heavy atom. The minimum atomic E-state index is -0.838. The molecule has 0 spiro atoms. The van der Waals surface area contributed by atoms with E-state index in [0.717, 1.165) is 0 Å². The summed E-state index contributed by atoms with van der Waals surface area (Å²) >= 11 is 0. The third-order valence-electron chi connectivity index (χ3n) is 4.21. The van der Waals surface area contributed by atoms with Gasteiger partial charge in [0.25, 0.3) is 5.91 Å². The lowest BCUT2D eigenvalue weighted by atomic mass is 10.1. The van der Waals surface area contributed by atoms with Gasteiger partial charge in [-0.05, 0) is 30.3 Å². The van der Waals surface area contributed by atoms with E-state index < -0.39 is 6.10 Å². The first-order chi connectivity index (χ1) is 13.1. The molecule has 3 aromatic rings. The van der Waals surface area contributed by atoms with Gasteiger partial charge in [0.2, 0.25) is 5.91 Å². The van der Waals surface area contributed by atoms with Gasteiger partial charge in [0.15, 0.2) is 11.9 Å². The molecule has 1 aliphatic heterocycles. The Labute approximate surface area is 155 Å². The third kappa shape index (κ3) is 3.24. The predicted molar refractivity (Wildman–Crippen MR) is 98.9 cm³/mol. The first-order valence-electron chi connectivity index (χ1n) is 8.43. The summed E-state index contributed by atoms with van der Waals surface area (Å²) in [5.74, 6) is 0.479. The molecule has 0 saturated carbocycles. The van der Waals surface area contributed by atoms with Gasteiger partial charge in [-0.3, -0.25) is 9.59 Å². The van der Waals surface area contributed by atoms with E-state index in [9.17, 15) is 9.59 Å². The van der Waals surface area contributed by atoms with Gasteiger partial charge in [-0.15, -0.1) is 0 Å². The second-order valence-electron chi connectivity index (χ2n) is 6.02. The molecule has 1 N–H and O–H groups in total. The van der Waals surface area contributed by atoms with Gasteiger partial charge in [0.05, 0.1) is 17.9 Å². The minimum absolute atomic E-state index is 0.134. The average Bonchev–Trinajstić information content (AvgIpc) is 3.22. The van der Waals surface area contributed by atoms with Gasteiger partial charge in [0, 0.05) is 25.5 Å². The first-order valence-corrected chi connectivity index (χ1v) is 8.43. The Kier molecular flexibility index (Phi) is 4.29. The molecule has 136 valence electrons. The van der Waals surface area contributed by atoms with E-state index in [4.69, 9.17) is 4.74 Å². The number of hydrogen-bond donors (Lipinski definition) is 1. The highest BCUT2D eigenvalue weighted by molar-refractivity contribution is 6.00. The molecule has 2 amide bonds. The Morgan fingerprint density at radius 2 is 2.00 bits per heavy atom. The molecular weight excluding hydrogens is 346 g/mol. The van der Waals surface area contributed by atoms with E-state index in [0.29, 0.717) is 22.9 Å². The number of nitrogens with one attached hydrogen (secondary N) is 1. The van der Waals surface area contributed by atoms with E-state index in [1.807, 2.05) is 6.07 Å². The number of nitrogens with zero attached hydrogens (tertiary/aromatic N) is 4. The van der Waals surface area contributed by atoms with Crippen LogP contribution < -0.4 is 15.0 Å². The second-order valence-corrected chi connectivity index (χ2v) is 6.02. The van der Waals surface area contributed by atoms with Gasteiger partial charge in [0.1, 0.15) is 5.75 Å². The number of amides is 2. The summed E-state index contributed by atoms with van der Waals surface area (Å²) in [4.78, 5) is 30.7. The fourth-order valence-corrected chi connectivity index (χ4v) is 2.95. The van der Waals surface area contributed by atoms with E-state index in [2.05, 4.69) is 15.4 Å². The van der Waals surface area contributed by atoms with Crippen molar-refractivity contribution in [1.29, 1.82) is 0 Å². The van der Waals surface area contributed by atoms with Crippen LogP contribution in [0.25, 0.3) is 5.82 Å². The molecule has 8 heteroatoms. The van der Waals surface area contributed by atoms with Crippen molar-refractivity contribution in [2.45, 2.75) is 13.0 Å². The Bertz CT molecular complexity index is 987. The molecule has 1 aliphatic rings. The van der Waals surface area contributed by atoms with Crippen LogP contribution in [-0.4, -0.2) is 39.2 Å². The monoisotopic (exact) mass is 363 g/mol. The van der Waals surface area contributed by atoms with Crippen molar-refractivity contribution >= 4 is 23.2 Å². The third-order valence-corrected chi connectivity index (χ3v) is 4.21. The molecule has 8 nitrogen and oxygen atoms in total. The number of anilines is 2. The number of carbonyl (C=O) groups is 2. The summed E-state index contributed by atoms with van der Waals surface area (Å²) in [5, 5.41) is 6.98. The van der Waals surface area contributed by atoms with Crippen LogP contribution in [0.4, 0.5) is 11.4 Å². The fourth-order valence-electron chi connectivity index (χ4n) is 2.95. The number of rotatable bonds is 3. The van der Waals surface area contributed by atoms with E-state index in [1.165, 1.54) is 6.92 Å². The number of aromatic nitrogens is 3. The van der Waals surface area contributed by atoms with Crippen molar-refractivity contribution in [2.75, 3.05) is 16.8 Å². The van der Waals surface area contributed by atoms with Crippen molar-refractivity contribution in [3.63, 3.8) is 0 Å². The maximum atomic E-state index is 12.8. The molecule has 1 unspecified atom stereocenters. The molecule has 1 atom stereocenters. The smallest absolute Gasteiger partial charge is 0.267 e. The van der Waals surface area contributed by atoms with Crippen LogP contribution in [0.3, 0.4) is 0 Å². The lowest BCUT2D eigenvalue weighted by Gasteiger charge is -2.33. The standard InChI is InChI=1S/C19H17N5O3/c1-13(25)23-12-17(27-16-8-3-2-7-15(16)23)19(26)22-14-6-4-9-20-18(14)24-11-5-10-21-24/h2-11,17H,12H2,1H3,(H,22,26). The van der Waals surface area contributed by atoms with Crippen molar-refractivity contribution in [2.24, 2.45) is 0 Å².